The van der Waals surface area contributed by atoms with E-state index < -0.39 is 11.6 Å². The van der Waals surface area contributed by atoms with E-state index in [9.17, 15) is 13.6 Å². The molecule has 1 aromatic carbocycles. The molecule has 3 rings (SSSR count). The van der Waals surface area contributed by atoms with Crippen LogP contribution in [0.5, 0.6) is 0 Å². The summed E-state index contributed by atoms with van der Waals surface area (Å²) in [6.07, 6.45) is 5.85. The number of halogens is 2. The first kappa shape index (κ1) is 16.4. The molecule has 2 saturated heterocycles. The van der Waals surface area contributed by atoms with Gasteiger partial charge in [-0.1, -0.05) is 6.42 Å². The van der Waals surface area contributed by atoms with Crippen LogP contribution in [0, 0.1) is 17.6 Å². The van der Waals surface area contributed by atoms with Crippen molar-refractivity contribution in [1.29, 1.82) is 0 Å². The Hall–Kier alpha value is -1.49. The number of piperidine rings is 2. The van der Waals surface area contributed by atoms with Crippen molar-refractivity contribution in [3.05, 3.63) is 35.4 Å². The molecule has 1 amide bonds. The lowest BCUT2D eigenvalue weighted by molar-refractivity contribution is 0.0656. The molecular weight excluding hydrogens is 298 g/mol. The number of benzene rings is 1. The Kier molecular flexibility index (Phi) is 5.26. The monoisotopic (exact) mass is 322 g/mol. The lowest BCUT2D eigenvalue weighted by Gasteiger charge is -2.36. The summed E-state index contributed by atoms with van der Waals surface area (Å²) in [5.41, 5.74) is -0.0270. The van der Waals surface area contributed by atoms with Gasteiger partial charge in [0, 0.05) is 25.7 Å². The van der Waals surface area contributed by atoms with Crippen LogP contribution >= 0.6 is 0 Å². The number of nitrogens with zero attached hydrogens (tertiary/aromatic N) is 2. The van der Waals surface area contributed by atoms with Crippen LogP contribution in [0.1, 0.15) is 42.5 Å². The molecule has 0 spiro atoms. The summed E-state index contributed by atoms with van der Waals surface area (Å²) in [7, 11) is 0. The third-order valence-corrected chi connectivity index (χ3v) is 5.03. The zero-order valence-corrected chi connectivity index (χ0v) is 13.4. The number of amides is 1. The van der Waals surface area contributed by atoms with Gasteiger partial charge in [-0.15, -0.1) is 0 Å². The zero-order valence-electron chi connectivity index (χ0n) is 13.4. The number of rotatable bonds is 3. The van der Waals surface area contributed by atoms with Gasteiger partial charge in [0.2, 0.25) is 0 Å². The molecule has 2 fully saturated rings. The first-order valence-corrected chi connectivity index (χ1v) is 8.60. The molecule has 0 saturated carbocycles. The summed E-state index contributed by atoms with van der Waals surface area (Å²) in [5.74, 6) is -1.13. The average molecular weight is 322 g/mol. The van der Waals surface area contributed by atoms with Gasteiger partial charge in [0.1, 0.15) is 11.6 Å². The van der Waals surface area contributed by atoms with Crippen LogP contribution in [0.3, 0.4) is 0 Å². The molecule has 0 aliphatic carbocycles. The fourth-order valence-electron chi connectivity index (χ4n) is 3.66. The Labute approximate surface area is 136 Å². The predicted octanol–water partition coefficient (Wildman–Crippen LogP) is 3.30. The SMILES string of the molecule is O=C(c1ccc(F)cc1F)N1CCC(CN2CCCCC2)CC1. The standard InChI is InChI=1S/C18H24F2N2O/c19-15-4-5-16(17(20)12-15)18(23)22-10-6-14(7-11-22)13-21-8-2-1-3-9-21/h4-5,12,14H,1-3,6-11,13H2. The Balaban J connectivity index is 1.52. The second kappa shape index (κ2) is 7.39. The van der Waals surface area contributed by atoms with Gasteiger partial charge in [0.25, 0.3) is 5.91 Å². The molecule has 0 aromatic heterocycles. The van der Waals surface area contributed by atoms with Crippen molar-refractivity contribution in [3.8, 4) is 0 Å². The Morgan fingerprint density at radius 2 is 1.74 bits per heavy atom. The van der Waals surface area contributed by atoms with E-state index in [-0.39, 0.29) is 11.5 Å². The van der Waals surface area contributed by atoms with Crippen LogP contribution in [-0.2, 0) is 0 Å². The average Bonchev–Trinajstić information content (AvgIpc) is 2.56. The van der Waals surface area contributed by atoms with E-state index in [0.29, 0.717) is 19.0 Å². The molecule has 0 atom stereocenters. The highest BCUT2D eigenvalue weighted by atomic mass is 19.1. The number of carbonyl (C=O) groups is 1. The van der Waals surface area contributed by atoms with E-state index in [1.54, 1.807) is 4.90 Å². The second-order valence-corrected chi connectivity index (χ2v) is 6.72. The highest BCUT2D eigenvalue weighted by Gasteiger charge is 2.26. The van der Waals surface area contributed by atoms with E-state index in [2.05, 4.69) is 4.90 Å². The van der Waals surface area contributed by atoms with Crippen molar-refractivity contribution in [2.75, 3.05) is 32.7 Å². The van der Waals surface area contributed by atoms with Crippen molar-refractivity contribution < 1.29 is 13.6 Å². The van der Waals surface area contributed by atoms with E-state index in [1.165, 1.54) is 38.4 Å². The molecule has 0 N–H and O–H groups in total. The molecule has 5 heteroatoms. The third-order valence-electron chi connectivity index (χ3n) is 5.03. The molecule has 2 heterocycles. The van der Waals surface area contributed by atoms with Gasteiger partial charge in [-0.2, -0.15) is 0 Å². The molecule has 0 radical (unpaired) electrons. The summed E-state index contributed by atoms with van der Waals surface area (Å²) in [4.78, 5) is 16.6. The summed E-state index contributed by atoms with van der Waals surface area (Å²) in [6, 6.07) is 3.16. The van der Waals surface area contributed by atoms with E-state index in [0.717, 1.165) is 31.5 Å². The largest absolute Gasteiger partial charge is 0.339 e. The molecule has 3 nitrogen and oxygen atoms in total. The van der Waals surface area contributed by atoms with Gasteiger partial charge in [-0.25, -0.2) is 8.78 Å². The first-order chi connectivity index (χ1) is 11.1. The smallest absolute Gasteiger partial charge is 0.256 e. The normalized spacial score (nSPS) is 20.7. The fraction of sp³-hybridized carbons (Fsp3) is 0.611. The number of carbonyl (C=O) groups excluding carboxylic acids is 1. The minimum Gasteiger partial charge on any atom is -0.339 e. The van der Waals surface area contributed by atoms with Crippen LogP contribution in [0.25, 0.3) is 0 Å². The van der Waals surface area contributed by atoms with Crippen molar-refractivity contribution in [3.63, 3.8) is 0 Å². The highest BCUT2D eigenvalue weighted by Crippen LogP contribution is 2.22. The molecule has 1 aromatic rings. The lowest BCUT2D eigenvalue weighted by Crippen LogP contribution is -2.42. The predicted molar refractivity (Wildman–Crippen MR) is 85.3 cm³/mol. The first-order valence-electron chi connectivity index (χ1n) is 8.60. The van der Waals surface area contributed by atoms with E-state index in [4.69, 9.17) is 0 Å². The van der Waals surface area contributed by atoms with Gasteiger partial charge in [0.05, 0.1) is 5.56 Å². The van der Waals surface area contributed by atoms with Crippen LogP contribution in [0.2, 0.25) is 0 Å². The molecule has 2 aliphatic rings. The number of hydrogen-bond acceptors (Lipinski definition) is 2. The highest BCUT2D eigenvalue weighted by molar-refractivity contribution is 5.94. The molecule has 0 bridgehead atoms. The fourth-order valence-corrected chi connectivity index (χ4v) is 3.66. The van der Waals surface area contributed by atoms with Crippen molar-refractivity contribution >= 4 is 5.91 Å². The Morgan fingerprint density at radius 3 is 2.39 bits per heavy atom. The minimum atomic E-state index is -0.773. The molecule has 2 aliphatic heterocycles. The molecule has 23 heavy (non-hydrogen) atoms. The van der Waals surface area contributed by atoms with E-state index in [1.807, 2.05) is 0 Å². The van der Waals surface area contributed by atoms with Crippen LogP contribution < -0.4 is 0 Å². The van der Waals surface area contributed by atoms with Crippen molar-refractivity contribution in [2.24, 2.45) is 5.92 Å². The summed E-state index contributed by atoms with van der Waals surface area (Å²) in [6.45, 7) is 4.83. The third kappa shape index (κ3) is 4.08. The van der Waals surface area contributed by atoms with Gasteiger partial charge in [0.15, 0.2) is 0 Å². The molecular formula is C18H24F2N2O. The minimum absolute atomic E-state index is 0.0270. The maximum Gasteiger partial charge on any atom is 0.256 e. The van der Waals surface area contributed by atoms with Crippen molar-refractivity contribution in [1.82, 2.24) is 9.80 Å². The zero-order chi connectivity index (χ0) is 16.2. The molecule has 126 valence electrons. The maximum absolute atomic E-state index is 13.7. The summed E-state index contributed by atoms with van der Waals surface area (Å²) < 4.78 is 26.7. The van der Waals surface area contributed by atoms with Crippen LogP contribution in [0.4, 0.5) is 8.78 Å². The number of hydrogen-bond donors (Lipinski definition) is 0. The Morgan fingerprint density at radius 1 is 1.04 bits per heavy atom. The summed E-state index contributed by atoms with van der Waals surface area (Å²) >= 11 is 0. The van der Waals surface area contributed by atoms with Crippen molar-refractivity contribution in [2.45, 2.75) is 32.1 Å². The number of likely N-dealkylation sites (tertiary alicyclic amines) is 2. The lowest BCUT2D eigenvalue weighted by atomic mass is 9.95. The van der Waals surface area contributed by atoms with Gasteiger partial charge >= 0.3 is 0 Å². The van der Waals surface area contributed by atoms with Crippen LogP contribution in [0.15, 0.2) is 18.2 Å². The van der Waals surface area contributed by atoms with Gasteiger partial charge in [-0.05, 0) is 56.8 Å². The second-order valence-electron chi connectivity index (χ2n) is 6.72. The van der Waals surface area contributed by atoms with Gasteiger partial charge < -0.3 is 9.80 Å². The topological polar surface area (TPSA) is 23.6 Å². The van der Waals surface area contributed by atoms with Crippen LogP contribution in [-0.4, -0.2) is 48.4 Å². The Bertz CT molecular complexity index is 550. The maximum atomic E-state index is 13.7. The van der Waals surface area contributed by atoms with Gasteiger partial charge in [-0.3, -0.25) is 4.79 Å². The quantitative estimate of drug-likeness (QED) is 0.852. The van der Waals surface area contributed by atoms with E-state index >= 15 is 0 Å². The summed E-state index contributed by atoms with van der Waals surface area (Å²) in [5, 5.41) is 0. The molecule has 0 unspecified atom stereocenters.